The Morgan fingerprint density at radius 1 is 1.00 bits per heavy atom. The standard InChI is InChI=1S/C29H35N5O3S/c1-21-18-22(2)31-28(30-21)38-20-26(35)34(19-23-8-6-5-7-9-23)29(3,4)27(36)32-24-10-12-25(13-11-24)33-14-16-37-17-15-33/h5-13,18H,14-17,19-20H2,1-4H3,(H,32,36). The Balaban J connectivity index is 1.49. The molecule has 0 bridgehead atoms. The van der Waals surface area contributed by atoms with Crippen molar-refractivity contribution in [3.05, 3.63) is 77.6 Å². The fraction of sp³-hybridized carbons (Fsp3) is 0.379. The van der Waals surface area contributed by atoms with Crippen LogP contribution in [0.3, 0.4) is 0 Å². The van der Waals surface area contributed by atoms with Gasteiger partial charge in [-0.2, -0.15) is 0 Å². The van der Waals surface area contributed by atoms with Gasteiger partial charge in [-0.15, -0.1) is 0 Å². The van der Waals surface area contributed by atoms with E-state index in [0.717, 1.165) is 35.7 Å². The van der Waals surface area contributed by atoms with E-state index in [0.29, 0.717) is 30.6 Å². The number of aromatic nitrogens is 2. The molecule has 4 rings (SSSR count). The van der Waals surface area contributed by atoms with Gasteiger partial charge < -0.3 is 19.9 Å². The predicted molar refractivity (Wildman–Crippen MR) is 151 cm³/mol. The van der Waals surface area contributed by atoms with E-state index >= 15 is 0 Å². The van der Waals surface area contributed by atoms with E-state index in [4.69, 9.17) is 4.74 Å². The minimum absolute atomic E-state index is 0.126. The lowest BCUT2D eigenvalue weighted by molar-refractivity contribution is -0.142. The molecule has 0 saturated carbocycles. The Hall–Kier alpha value is -3.43. The summed E-state index contributed by atoms with van der Waals surface area (Å²) in [6.45, 7) is 10.8. The van der Waals surface area contributed by atoms with E-state index in [1.807, 2.05) is 74.5 Å². The van der Waals surface area contributed by atoms with E-state index < -0.39 is 5.54 Å². The maximum atomic E-state index is 13.6. The number of hydrogen-bond donors (Lipinski definition) is 1. The van der Waals surface area contributed by atoms with Crippen LogP contribution in [0.2, 0.25) is 0 Å². The number of aryl methyl sites for hydroxylation is 2. The molecule has 1 aliphatic heterocycles. The average Bonchev–Trinajstić information content (AvgIpc) is 2.91. The molecule has 3 aromatic rings. The third-order valence-electron chi connectivity index (χ3n) is 6.50. The molecule has 38 heavy (non-hydrogen) atoms. The van der Waals surface area contributed by atoms with Crippen molar-refractivity contribution >= 4 is 35.0 Å². The van der Waals surface area contributed by atoms with E-state index in [1.165, 1.54) is 11.8 Å². The molecule has 2 aromatic carbocycles. The first kappa shape index (κ1) is 27.6. The summed E-state index contributed by atoms with van der Waals surface area (Å²) in [7, 11) is 0. The molecule has 2 amide bonds. The summed E-state index contributed by atoms with van der Waals surface area (Å²) in [5.74, 6) is -0.293. The molecule has 8 nitrogen and oxygen atoms in total. The highest BCUT2D eigenvalue weighted by Gasteiger charge is 2.38. The summed E-state index contributed by atoms with van der Waals surface area (Å²) in [5.41, 5.74) is 3.33. The van der Waals surface area contributed by atoms with Gasteiger partial charge in [-0.05, 0) is 63.6 Å². The SMILES string of the molecule is Cc1cc(C)nc(SCC(=O)N(Cc2ccccc2)C(C)(C)C(=O)Nc2ccc(N3CCOCC3)cc2)n1. The molecule has 0 aliphatic carbocycles. The molecular weight excluding hydrogens is 498 g/mol. The Morgan fingerprint density at radius 2 is 1.63 bits per heavy atom. The Morgan fingerprint density at radius 3 is 2.26 bits per heavy atom. The van der Waals surface area contributed by atoms with E-state index in [1.54, 1.807) is 18.7 Å². The molecule has 0 radical (unpaired) electrons. The third kappa shape index (κ3) is 7.11. The minimum Gasteiger partial charge on any atom is -0.378 e. The monoisotopic (exact) mass is 533 g/mol. The van der Waals surface area contributed by atoms with E-state index in [2.05, 4.69) is 20.2 Å². The van der Waals surface area contributed by atoms with Crippen molar-refractivity contribution in [2.24, 2.45) is 0 Å². The zero-order valence-electron chi connectivity index (χ0n) is 22.4. The lowest BCUT2D eigenvalue weighted by atomic mass is 9.99. The number of amides is 2. The summed E-state index contributed by atoms with van der Waals surface area (Å²) in [6.07, 6.45) is 0. The second-order valence-corrected chi connectivity index (χ2v) is 10.8. The molecule has 200 valence electrons. The van der Waals surface area contributed by atoms with Crippen LogP contribution in [-0.2, 0) is 20.9 Å². The van der Waals surface area contributed by atoms with Crippen LogP contribution in [0.15, 0.2) is 65.8 Å². The fourth-order valence-corrected chi connectivity index (χ4v) is 5.14. The van der Waals surface area contributed by atoms with Gasteiger partial charge in [0.05, 0.1) is 19.0 Å². The maximum Gasteiger partial charge on any atom is 0.249 e. The quantitative estimate of drug-likeness (QED) is 0.321. The normalized spacial score (nSPS) is 13.7. The van der Waals surface area contributed by atoms with E-state index in [9.17, 15) is 9.59 Å². The number of carbonyl (C=O) groups is 2. The average molecular weight is 534 g/mol. The second kappa shape index (κ2) is 12.4. The highest BCUT2D eigenvalue weighted by atomic mass is 32.2. The highest BCUT2D eigenvalue weighted by molar-refractivity contribution is 7.99. The Bertz CT molecular complexity index is 1220. The van der Waals surface area contributed by atoms with Crippen LogP contribution < -0.4 is 10.2 Å². The van der Waals surface area contributed by atoms with Gasteiger partial charge in [0.1, 0.15) is 5.54 Å². The maximum absolute atomic E-state index is 13.6. The van der Waals surface area contributed by atoms with Gasteiger partial charge in [-0.3, -0.25) is 9.59 Å². The Labute approximate surface area is 228 Å². The van der Waals surface area contributed by atoms with Crippen LogP contribution in [0.25, 0.3) is 0 Å². The van der Waals surface area contributed by atoms with Crippen molar-refractivity contribution in [1.82, 2.24) is 14.9 Å². The molecule has 0 atom stereocenters. The van der Waals surface area contributed by atoms with Gasteiger partial charge in [-0.25, -0.2) is 9.97 Å². The van der Waals surface area contributed by atoms with Gasteiger partial charge >= 0.3 is 0 Å². The summed E-state index contributed by atoms with van der Waals surface area (Å²) in [6, 6.07) is 19.4. The molecule has 1 aromatic heterocycles. The smallest absolute Gasteiger partial charge is 0.249 e. The minimum atomic E-state index is -1.11. The number of nitrogens with zero attached hydrogens (tertiary/aromatic N) is 4. The van der Waals surface area contributed by atoms with Crippen LogP contribution in [0.4, 0.5) is 11.4 Å². The van der Waals surface area contributed by atoms with Crippen molar-refractivity contribution in [2.45, 2.75) is 44.9 Å². The molecule has 1 saturated heterocycles. The topological polar surface area (TPSA) is 87.7 Å². The fourth-order valence-electron chi connectivity index (χ4n) is 4.31. The molecule has 2 heterocycles. The first-order chi connectivity index (χ1) is 18.2. The molecule has 0 unspecified atom stereocenters. The van der Waals surface area contributed by atoms with Crippen LogP contribution in [0, 0.1) is 13.8 Å². The van der Waals surface area contributed by atoms with Crippen LogP contribution in [0.5, 0.6) is 0 Å². The first-order valence-corrected chi connectivity index (χ1v) is 13.7. The van der Waals surface area contributed by atoms with Crippen LogP contribution in [-0.4, -0.2) is 64.3 Å². The number of benzene rings is 2. The molecule has 1 N–H and O–H groups in total. The van der Waals surface area contributed by atoms with Crippen LogP contribution in [0.1, 0.15) is 30.8 Å². The summed E-state index contributed by atoms with van der Waals surface area (Å²) in [5, 5.41) is 3.57. The zero-order valence-corrected chi connectivity index (χ0v) is 23.3. The highest BCUT2D eigenvalue weighted by Crippen LogP contribution is 2.25. The van der Waals surface area contributed by atoms with E-state index in [-0.39, 0.29) is 17.6 Å². The third-order valence-corrected chi connectivity index (χ3v) is 7.34. The lowest BCUT2D eigenvalue weighted by Crippen LogP contribution is -2.55. The van der Waals surface area contributed by atoms with Gasteiger partial charge in [0.15, 0.2) is 5.16 Å². The van der Waals surface area contributed by atoms with Crippen molar-refractivity contribution in [2.75, 3.05) is 42.3 Å². The molecule has 1 aliphatic rings. The lowest BCUT2D eigenvalue weighted by Gasteiger charge is -2.37. The van der Waals surface area contributed by atoms with Crippen molar-refractivity contribution in [1.29, 1.82) is 0 Å². The Kier molecular flexibility index (Phi) is 9.01. The summed E-state index contributed by atoms with van der Waals surface area (Å²) < 4.78 is 5.43. The number of nitrogens with one attached hydrogen (secondary N) is 1. The van der Waals surface area contributed by atoms with Gasteiger partial charge in [0.25, 0.3) is 0 Å². The predicted octanol–water partition coefficient (Wildman–Crippen LogP) is 4.47. The first-order valence-electron chi connectivity index (χ1n) is 12.8. The molecule has 9 heteroatoms. The number of hydrogen-bond acceptors (Lipinski definition) is 7. The second-order valence-electron chi connectivity index (χ2n) is 9.85. The molecule has 1 fully saturated rings. The van der Waals surface area contributed by atoms with Crippen molar-refractivity contribution in [3.8, 4) is 0 Å². The summed E-state index contributed by atoms with van der Waals surface area (Å²) >= 11 is 1.28. The molecule has 0 spiro atoms. The summed E-state index contributed by atoms with van der Waals surface area (Å²) in [4.78, 5) is 39.9. The number of anilines is 2. The van der Waals surface area contributed by atoms with Crippen molar-refractivity contribution in [3.63, 3.8) is 0 Å². The van der Waals surface area contributed by atoms with Gasteiger partial charge in [0.2, 0.25) is 11.8 Å². The number of carbonyl (C=O) groups excluding carboxylic acids is 2. The number of thioether (sulfide) groups is 1. The zero-order chi connectivity index (χ0) is 27.1. The number of morpholine rings is 1. The van der Waals surface area contributed by atoms with Gasteiger partial charge in [0, 0.05) is 42.4 Å². The van der Waals surface area contributed by atoms with Crippen LogP contribution >= 0.6 is 11.8 Å². The number of rotatable bonds is 9. The largest absolute Gasteiger partial charge is 0.378 e. The van der Waals surface area contributed by atoms with Crippen molar-refractivity contribution < 1.29 is 14.3 Å². The molecular formula is C29H35N5O3S. The number of ether oxygens (including phenoxy) is 1. The van der Waals surface area contributed by atoms with Gasteiger partial charge in [-0.1, -0.05) is 42.1 Å².